The highest BCUT2D eigenvalue weighted by Crippen LogP contribution is 2.30. The van der Waals surface area contributed by atoms with E-state index >= 15 is 0 Å². The molecule has 0 N–H and O–H groups in total. The van der Waals surface area contributed by atoms with Gasteiger partial charge in [0.1, 0.15) is 0 Å². The van der Waals surface area contributed by atoms with Crippen molar-refractivity contribution in [3.63, 3.8) is 0 Å². The third-order valence-corrected chi connectivity index (χ3v) is 4.95. The van der Waals surface area contributed by atoms with Crippen LogP contribution < -0.4 is 0 Å². The summed E-state index contributed by atoms with van der Waals surface area (Å²) in [6.07, 6.45) is 8.43. The highest BCUT2D eigenvalue weighted by atomic mass is 16.5. The predicted octanol–water partition coefficient (Wildman–Crippen LogP) is 5.78. The summed E-state index contributed by atoms with van der Waals surface area (Å²) in [4.78, 5) is 9.12. The molecule has 138 valence electrons. The molecule has 0 bridgehead atoms. The number of nitrogens with zero attached hydrogens (tertiary/aromatic N) is 2. The normalized spacial score (nSPS) is 17.2. The van der Waals surface area contributed by atoms with Gasteiger partial charge in [0.15, 0.2) is 0 Å². The van der Waals surface area contributed by atoms with Crippen molar-refractivity contribution < 1.29 is 4.74 Å². The molecular formula is C23H30N2O. The lowest BCUT2D eigenvalue weighted by Crippen LogP contribution is -2.18. The first-order valence-corrected chi connectivity index (χ1v) is 9.02. The van der Waals surface area contributed by atoms with Gasteiger partial charge in [0.25, 0.3) is 0 Å². The molecule has 1 aromatic rings. The SMILES string of the molecule is C=C(C)/C=C\C(/C(C)=C/c1cc(C2=C(C)C(C)=N2)cnc1C)C(C)OC. The van der Waals surface area contributed by atoms with E-state index < -0.39 is 0 Å². The van der Waals surface area contributed by atoms with Gasteiger partial charge in [0, 0.05) is 36.2 Å². The molecule has 2 heterocycles. The summed E-state index contributed by atoms with van der Waals surface area (Å²) in [5.74, 6) is 0.185. The van der Waals surface area contributed by atoms with Crippen molar-refractivity contribution in [2.45, 2.75) is 47.6 Å². The van der Waals surface area contributed by atoms with Gasteiger partial charge in [0.05, 0.1) is 11.8 Å². The molecule has 0 saturated heterocycles. The Morgan fingerprint density at radius 1 is 1.23 bits per heavy atom. The zero-order valence-electron chi connectivity index (χ0n) is 17.1. The minimum atomic E-state index is 0.0853. The Kier molecular flexibility index (Phi) is 6.49. The van der Waals surface area contributed by atoms with Crippen LogP contribution in [0.2, 0.25) is 0 Å². The summed E-state index contributed by atoms with van der Waals surface area (Å²) < 4.78 is 5.59. The number of methoxy groups -OCH3 is 1. The summed E-state index contributed by atoms with van der Waals surface area (Å²) >= 11 is 0. The number of aryl methyl sites for hydroxylation is 1. The second kappa shape index (κ2) is 8.41. The largest absolute Gasteiger partial charge is 0.381 e. The van der Waals surface area contributed by atoms with Crippen LogP contribution >= 0.6 is 0 Å². The number of aromatic nitrogens is 1. The van der Waals surface area contributed by atoms with Gasteiger partial charge in [-0.15, -0.1) is 0 Å². The van der Waals surface area contributed by atoms with E-state index in [1.165, 1.54) is 11.1 Å². The molecule has 1 aromatic heterocycles. The third-order valence-electron chi connectivity index (χ3n) is 4.95. The molecule has 2 unspecified atom stereocenters. The van der Waals surface area contributed by atoms with Crippen molar-refractivity contribution in [1.29, 1.82) is 0 Å². The van der Waals surface area contributed by atoms with Gasteiger partial charge < -0.3 is 4.74 Å². The minimum absolute atomic E-state index is 0.0853. The molecule has 3 nitrogen and oxygen atoms in total. The fourth-order valence-electron chi connectivity index (χ4n) is 3.00. The predicted molar refractivity (Wildman–Crippen MR) is 112 cm³/mol. The van der Waals surface area contributed by atoms with E-state index in [9.17, 15) is 0 Å². The van der Waals surface area contributed by atoms with Gasteiger partial charge in [-0.25, -0.2) is 0 Å². The van der Waals surface area contributed by atoms with E-state index in [0.29, 0.717) is 0 Å². The Morgan fingerprint density at radius 3 is 2.46 bits per heavy atom. The summed E-state index contributed by atoms with van der Waals surface area (Å²) in [6, 6.07) is 2.18. The van der Waals surface area contributed by atoms with E-state index in [4.69, 9.17) is 4.74 Å². The number of aliphatic imine (C=N–C) groups is 1. The third kappa shape index (κ3) is 4.47. The van der Waals surface area contributed by atoms with Crippen LogP contribution in [-0.2, 0) is 4.74 Å². The van der Waals surface area contributed by atoms with Gasteiger partial charge in [-0.1, -0.05) is 36.0 Å². The van der Waals surface area contributed by atoms with Gasteiger partial charge in [-0.3, -0.25) is 9.98 Å². The standard InChI is InChI=1S/C23H30N2O/c1-14(2)9-10-22(19(7)26-8)15(3)11-20-12-21(13-24-18(20)6)23-16(4)17(5)25-23/h9-13,19,22H,1H2,2-8H3/b10-9-,15-11+. The van der Waals surface area contributed by atoms with E-state index in [-0.39, 0.29) is 12.0 Å². The number of hydrogen-bond donors (Lipinski definition) is 0. The molecule has 26 heavy (non-hydrogen) atoms. The van der Waals surface area contributed by atoms with Crippen LogP contribution in [0.15, 0.2) is 52.7 Å². The number of allylic oxidation sites excluding steroid dienone is 3. The Morgan fingerprint density at radius 2 is 1.92 bits per heavy atom. The second-order valence-electron chi connectivity index (χ2n) is 7.13. The van der Waals surface area contributed by atoms with Gasteiger partial charge in [0.2, 0.25) is 0 Å². The Hall–Kier alpha value is -2.26. The van der Waals surface area contributed by atoms with Crippen LogP contribution in [0.1, 0.15) is 51.4 Å². The first-order chi connectivity index (χ1) is 12.2. The molecule has 0 amide bonds. The minimum Gasteiger partial charge on any atom is -0.381 e. The Balaban J connectivity index is 2.38. The molecule has 3 heteroatoms. The summed E-state index contributed by atoms with van der Waals surface area (Å²) in [6.45, 7) is 16.4. The average Bonchev–Trinajstić information content (AvgIpc) is 2.60. The van der Waals surface area contributed by atoms with Crippen molar-refractivity contribution in [1.82, 2.24) is 4.98 Å². The Bertz CT molecular complexity index is 825. The highest BCUT2D eigenvalue weighted by Gasteiger charge is 2.18. The Labute approximate surface area is 157 Å². The second-order valence-corrected chi connectivity index (χ2v) is 7.13. The summed E-state index contributed by atoms with van der Waals surface area (Å²) in [7, 11) is 1.75. The summed E-state index contributed by atoms with van der Waals surface area (Å²) in [5, 5.41) is 0. The number of hydrogen-bond acceptors (Lipinski definition) is 3. The molecule has 2 atom stereocenters. The van der Waals surface area contributed by atoms with E-state index in [1.54, 1.807) is 7.11 Å². The first kappa shape index (κ1) is 20.1. The number of ether oxygens (including phenoxy) is 1. The van der Waals surface area contributed by atoms with Crippen LogP contribution in [0.3, 0.4) is 0 Å². The molecule has 0 aromatic carbocycles. The monoisotopic (exact) mass is 350 g/mol. The molecule has 2 rings (SSSR count). The topological polar surface area (TPSA) is 34.5 Å². The molecule has 0 radical (unpaired) electrons. The zero-order chi connectivity index (χ0) is 19.4. The van der Waals surface area contributed by atoms with E-state index in [2.05, 4.69) is 61.6 Å². The molecule has 0 saturated carbocycles. The van der Waals surface area contributed by atoms with Crippen molar-refractivity contribution >= 4 is 17.5 Å². The van der Waals surface area contributed by atoms with Crippen molar-refractivity contribution in [2.24, 2.45) is 10.9 Å². The molecule has 0 aliphatic carbocycles. The van der Waals surface area contributed by atoms with Crippen LogP contribution in [0, 0.1) is 12.8 Å². The fourth-order valence-corrected chi connectivity index (χ4v) is 3.00. The van der Waals surface area contributed by atoms with Gasteiger partial charge in [-0.05, 0) is 58.7 Å². The average molecular weight is 351 g/mol. The first-order valence-electron chi connectivity index (χ1n) is 9.02. The lowest BCUT2D eigenvalue weighted by molar-refractivity contribution is 0.0952. The van der Waals surface area contributed by atoms with Crippen LogP contribution in [0.25, 0.3) is 11.8 Å². The molecule has 0 spiro atoms. The zero-order valence-corrected chi connectivity index (χ0v) is 17.1. The molecule has 1 aliphatic rings. The van der Waals surface area contributed by atoms with Crippen molar-refractivity contribution in [3.05, 3.63) is 64.5 Å². The molecule has 0 fully saturated rings. The van der Waals surface area contributed by atoms with Crippen molar-refractivity contribution in [2.75, 3.05) is 7.11 Å². The van der Waals surface area contributed by atoms with Gasteiger partial charge in [-0.2, -0.15) is 0 Å². The molecular weight excluding hydrogens is 320 g/mol. The van der Waals surface area contributed by atoms with Crippen LogP contribution in [-0.4, -0.2) is 23.9 Å². The van der Waals surface area contributed by atoms with Crippen LogP contribution in [0.4, 0.5) is 0 Å². The number of pyridine rings is 1. The number of rotatable bonds is 7. The molecule has 1 aliphatic heterocycles. The van der Waals surface area contributed by atoms with E-state index in [1.807, 2.05) is 27.0 Å². The quantitative estimate of drug-likeness (QED) is 0.584. The lowest BCUT2D eigenvalue weighted by Gasteiger charge is -2.21. The van der Waals surface area contributed by atoms with Crippen LogP contribution in [0.5, 0.6) is 0 Å². The fraction of sp³-hybridized carbons (Fsp3) is 0.391. The maximum Gasteiger partial charge on any atom is 0.0768 e. The van der Waals surface area contributed by atoms with Gasteiger partial charge >= 0.3 is 0 Å². The van der Waals surface area contributed by atoms with E-state index in [0.717, 1.165) is 33.8 Å². The maximum atomic E-state index is 5.59. The maximum absolute atomic E-state index is 5.59. The van der Waals surface area contributed by atoms with Crippen molar-refractivity contribution in [3.8, 4) is 0 Å². The summed E-state index contributed by atoms with van der Waals surface area (Å²) in [5.41, 5.74) is 8.88. The smallest absolute Gasteiger partial charge is 0.0768 e. The lowest BCUT2D eigenvalue weighted by atomic mass is 9.91. The highest BCUT2D eigenvalue weighted by molar-refractivity contribution is 6.13.